The van der Waals surface area contributed by atoms with Crippen molar-refractivity contribution in [2.45, 2.75) is 29.0 Å². The van der Waals surface area contributed by atoms with Crippen molar-refractivity contribution in [1.29, 1.82) is 0 Å². The Morgan fingerprint density at radius 3 is 2.50 bits per heavy atom. The first kappa shape index (κ1) is 26.4. The van der Waals surface area contributed by atoms with Crippen molar-refractivity contribution in [2.75, 3.05) is 45.3 Å². The first-order valence-electron chi connectivity index (χ1n) is 11.9. The average molecular weight is 562 g/mol. The van der Waals surface area contributed by atoms with Gasteiger partial charge in [-0.2, -0.15) is 0 Å². The van der Waals surface area contributed by atoms with Gasteiger partial charge in [0.05, 0.1) is 31.7 Å². The summed E-state index contributed by atoms with van der Waals surface area (Å²) >= 11 is 3.66. The second kappa shape index (κ2) is 10.4. The molecule has 0 saturated carbocycles. The SMILES string of the molecule is C=CCN(C)C(=O)[C@H]1[C@H]2C(=O)N(CCO)C(C(=O)N(CC=C)c3ccc(OC)cc3)C23CC(Br)[C@@H]1O3. The van der Waals surface area contributed by atoms with Crippen molar-refractivity contribution in [1.82, 2.24) is 9.80 Å². The number of amides is 3. The third kappa shape index (κ3) is 4.05. The minimum atomic E-state index is -1.19. The maximum atomic E-state index is 14.2. The van der Waals surface area contributed by atoms with Gasteiger partial charge in [-0.25, -0.2) is 0 Å². The third-order valence-corrected chi connectivity index (χ3v) is 8.23. The summed E-state index contributed by atoms with van der Waals surface area (Å²) in [5.74, 6) is -1.84. The third-order valence-electron chi connectivity index (χ3n) is 7.39. The molecule has 0 aromatic heterocycles. The predicted molar refractivity (Wildman–Crippen MR) is 138 cm³/mol. The highest BCUT2D eigenvalue weighted by molar-refractivity contribution is 9.09. The van der Waals surface area contributed by atoms with E-state index in [2.05, 4.69) is 29.1 Å². The normalized spacial score (nSPS) is 30.2. The summed E-state index contributed by atoms with van der Waals surface area (Å²) in [5, 5.41) is 9.79. The smallest absolute Gasteiger partial charge is 0.253 e. The van der Waals surface area contributed by atoms with Crippen LogP contribution in [0.4, 0.5) is 5.69 Å². The number of likely N-dealkylation sites (N-methyl/N-ethyl adjacent to an activating group) is 1. The minimum Gasteiger partial charge on any atom is -0.497 e. The number of β-amino-alcohol motifs (C(OH)–C–C–N with tert-alkyl or cyclic N) is 1. The molecule has 36 heavy (non-hydrogen) atoms. The van der Waals surface area contributed by atoms with E-state index in [1.54, 1.807) is 55.5 Å². The zero-order valence-electron chi connectivity index (χ0n) is 20.5. The lowest BCUT2D eigenvalue weighted by molar-refractivity contribution is -0.144. The molecule has 10 heteroatoms. The fourth-order valence-corrected chi connectivity index (χ4v) is 6.88. The molecule has 1 aromatic carbocycles. The number of halogens is 1. The number of benzene rings is 1. The molecule has 3 aliphatic rings. The van der Waals surface area contributed by atoms with Gasteiger partial charge in [0.25, 0.3) is 5.91 Å². The van der Waals surface area contributed by atoms with Crippen LogP contribution in [0.3, 0.4) is 0 Å². The van der Waals surface area contributed by atoms with E-state index in [4.69, 9.17) is 9.47 Å². The van der Waals surface area contributed by atoms with Gasteiger partial charge in [0, 0.05) is 37.2 Å². The molecule has 1 N–H and O–H groups in total. The van der Waals surface area contributed by atoms with Gasteiger partial charge in [-0.3, -0.25) is 14.4 Å². The lowest BCUT2D eigenvalue weighted by atomic mass is 9.70. The van der Waals surface area contributed by atoms with E-state index < -0.39 is 29.6 Å². The molecule has 3 unspecified atom stereocenters. The molecule has 0 radical (unpaired) electrons. The van der Waals surface area contributed by atoms with Crippen LogP contribution in [-0.4, -0.2) is 95.6 Å². The van der Waals surface area contributed by atoms with E-state index in [1.165, 1.54) is 9.80 Å². The van der Waals surface area contributed by atoms with E-state index in [0.717, 1.165) is 0 Å². The predicted octanol–water partition coefficient (Wildman–Crippen LogP) is 1.60. The number of fused-ring (bicyclic) bond motifs is 1. The largest absolute Gasteiger partial charge is 0.497 e. The molecule has 1 aromatic rings. The van der Waals surface area contributed by atoms with Crippen molar-refractivity contribution in [3.8, 4) is 5.75 Å². The van der Waals surface area contributed by atoms with Crippen molar-refractivity contribution >= 4 is 39.3 Å². The molecule has 194 valence electrons. The minimum absolute atomic E-state index is 0.0393. The van der Waals surface area contributed by atoms with Crippen LogP contribution in [0.1, 0.15) is 6.42 Å². The number of aliphatic hydroxyl groups is 1. The quantitative estimate of drug-likeness (QED) is 0.344. The molecule has 2 bridgehead atoms. The Labute approximate surface area is 219 Å². The lowest BCUT2D eigenvalue weighted by Gasteiger charge is -2.37. The van der Waals surface area contributed by atoms with E-state index >= 15 is 0 Å². The maximum Gasteiger partial charge on any atom is 0.253 e. The Balaban J connectivity index is 1.77. The highest BCUT2D eigenvalue weighted by atomic mass is 79.9. The summed E-state index contributed by atoms with van der Waals surface area (Å²) in [6.07, 6.45) is 3.09. The Morgan fingerprint density at radius 1 is 1.25 bits per heavy atom. The molecule has 3 aliphatic heterocycles. The van der Waals surface area contributed by atoms with Crippen molar-refractivity contribution < 1.29 is 29.0 Å². The molecule has 6 atom stereocenters. The topological polar surface area (TPSA) is 99.6 Å². The molecule has 0 aliphatic carbocycles. The fraction of sp³-hybridized carbons (Fsp3) is 0.500. The van der Waals surface area contributed by atoms with Crippen LogP contribution in [-0.2, 0) is 19.1 Å². The number of aliphatic hydroxyl groups excluding tert-OH is 1. The van der Waals surface area contributed by atoms with Crippen LogP contribution in [0.5, 0.6) is 5.75 Å². The van der Waals surface area contributed by atoms with Crippen molar-refractivity contribution in [3.63, 3.8) is 0 Å². The van der Waals surface area contributed by atoms with Gasteiger partial charge in [0.15, 0.2) is 0 Å². The highest BCUT2D eigenvalue weighted by Crippen LogP contribution is 2.60. The molecular weight excluding hydrogens is 530 g/mol. The number of likely N-dealkylation sites (tertiary alicyclic amines) is 1. The van der Waals surface area contributed by atoms with Crippen molar-refractivity contribution in [3.05, 3.63) is 49.6 Å². The Morgan fingerprint density at radius 2 is 1.92 bits per heavy atom. The molecule has 3 amide bonds. The molecule has 1 spiro atoms. The summed E-state index contributed by atoms with van der Waals surface area (Å²) in [7, 11) is 3.22. The van der Waals surface area contributed by atoms with Crippen LogP contribution in [0, 0.1) is 11.8 Å². The summed E-state index contributed by atoms with van der Waals surface area (Å²) in [5.41, 5.74) is -0.582. The molecule has 4 rings (SSSR count). The standard InChI is InChI=1S/C26H32BrN3O6/c1-5-11-28(3)23(32)19-20-24(33)30(13-14-31)22(26(20)15-18(27)21(19)36-26)25(34)29(12-6-2)16-7-9-17(35-4)10-8-16/h5-10,18-22,31H,1-2,11-15H2,3-4H3/t18?,19-,20-,21-,22?,26?/m0/s1. The number of hydrogen-bond donors (Lipinski definition) is 1. The Kier molecular flexibility index (Phi) is 7.59. The fourth-order valence-electron chi connectivity index (χ4n) is 5.94. The number of carbonyl (C=O) groups is 3. The van der Waals surface area contributed by atoms with Crippen LogP contribution < -0.4 is 9.64 Å². The number of alkyl halides is 1. The zero-order valence-corrected chi connectivity index (χ0v) is 22.1. The Hall–Kier alpha value is -2.69. The monoisotopic (exact) mass is 561 g/mol. The van der Waals surface area contributed by atoms with E-state index in [-0.39, 0.29) is 42.2 Å². The van der Waals surface area contributed by atoms with Crippen molar-refractivity contribution in [2.24, 2.45) is 11.8 Å². The second-order valence-electron chi connectivity index (χ2n) is 9.36. The second-order valence-corrected chi connectivity index (χ2v) is 10.5. The van der Waals surface area contributed by atoms with Gasteiger partial charge in [0.1, 0.15) is 17.4 Å². The first-order chi connectivity index (χ1) is 17.2. The summed E-state index contributed by atoms with van der Waals surface area (Å²) in [4.78, 5) is 45.7. The number of rotatable bonds is 10. The lowest BCUT2D eigenvalue weighted by Crippen LogP contribution is -2.57. The van der Waals surface area contributed by atoms with E-state index in [1.807, 2.05) is 0 Å². The van der Waals surface area contributed by atoms with Gasteiger partial charge in [0.2, 0.25) is 11.8 Å². The molecule has 9 nitrogen and oxygen atoms in total. The van der Waals surface area contributed by atoms with Gasteiger partial charge < -0.3 is 29.3 Å². The van der Waals surface area contributed by atoms with Gasteiger partial charge in [-0.15, -0.1) is 13.2 Å². The molecular formula is C26H32BrN3O6. The molecule has 3 fully saturated rings. The maximum absolute atomic E-state index is 14.2. The molecule has 3 heterocycles. The average Bonchev–Trinajstić information content (AvgIpc) is 3.46. The van der Waals surface area contributed by atoms with E-state index in [9.17, 15) is 19.5 Å². The number of ether oxygens (including phenoxy) is 2. The molecule has 3 saturated heterocycles. The zero-order chi connectivity index (χ0) is 26.2. The number of nitrogens with zero attached hydrogens (tertiary/aromatic N) is 3. The summed E-state index contributed by atoms with van der Waals surface area (Å²) in [6, 6.07) is 6.03. The van der Waals surface area contributed by atoms with Crippen LogP contribution in [0.2, 0.25) is 0 Å². The number of anilines is 1. The van der Waals surface area contributed by atoms with Crippen LogP contribution >= 0.6 is 15.9 Å². The number of methoxy groups -OCH3 is 1. The van der Waals surface area contributed by atoms with Crippen LogP contribution in [0.15, 0.2) is 49.6 Å². The van der Waals surface area contributed by atoms with Gasteiger partial charge in [-0.05, 0) is 30.7 Å². The van der Waals surface area contributed by atoms with Gasteiger partial charge in [-0.1, -0.05) is 28.1 Å². The Bertz CT molecular complexity index is 1050. The highest BCUT2D eigenvalue weighted by Gasteiger charge is 2.76. The van der Waals surface area contributed by atoms with Gasteiger partial charge >= 0.3 is 0 Å². The number of carbonyl (C=O) groups excluding carboxylic acids is 3. The number of hydrogen-bond acceptors (Lipinski definition) is 6. The van der Waals surface area contributed by atoms with Crippen LogP contribution in [0.25, 0.3) is 0 Å². The first-order valence-corrected chi connectivity index (χ1v) is 12.8. The van der Waals surface area contributed by atoms with E-state index in [0.29, 0.717) is 24.4 Å². The summed E-state index contributed by atoms with van der Waals surface area (Å²) < 4.78 is 11.7. The summed E-state index contributed by atoms with van der Waals surface area (Å²) in [6.45, 7) is 7.67.